The van der Waals surface area contributed by atoms with Gasteiger partial charge in [0.2, 0.25) is 0 Å². The Hall–Kier alpha value is -1.75. The Bertz CT molecular complexity index is 554. The summed E-state index contributed by atoms with van der Waals surface area (Å²) in [6.45, 7) is 2.75. The predicted molar refractivity (Wildman–Crippen MR) is 67.5 cm³/mol. The molecular formula is C14H16F2N2O. The Morgan fingerprint density at radius 3 is 2.89 bits per heavy atom. The van der Waals surface area contributed by atoms with Crippen molar-refractivity contribution in [2.24, 2.45) is 0 Å². The third-order valence-electron chi connectivity index (χ3n) is 2.97. The third kappa shape index (κ3) is 3.17. The molecular weight excluding hydrogens is 250 g/mol. The molecule has 5 heteroatoms. The molecule has 0 saturated carbocycles. The van der Waals surface area contributed by atoms with E-state index in [2.05, 4.69) is 4.98 Å². The van der Waals surface area contributed by atoms with Gasteiger partial charge in [-0.05, 0) is 30.2 Å². The van der Waals surface area contributed by atoms with Crippen LogP contribution in [0.1, 0.15) is 30.7 Å². The van der Waals surface area contributed by atoms with Crippen molar-refractivity contribution in [1.29, 1.82) is 0 Å². The molecule has 0 aliphatic rings. The first-order chi connectivity index (χ1) is 9.11. The van der Waals surface area contributed by atoms with Crippen LogP contribution >= 0.6 is 0 Å². The number of aliphatic hydroxyl groups excluding tert-OH is 1. The van der Waals surface area contributed by atoms with Crippen molar-refractivity contribution in [2.75, 3.05) is 0 Å². The number of hydrogen-bond donors (Lipinski definition) is 1. The summed E-state index contributed by atoms with van der Waals surface area (Å²) in [7, 11) is 0. The summed E-state index contributed by atoms with van der Waals surface area (Å²) in [5, 5.41) is 10.1. The Morgan fingerprint density at radius 1 is 1.37 bits per heavy atom. The van der Waals surface area contributed by atoms with E-state index in [0.717, 1.165) is 31.2 Å². The lowest BCUT2D eigenvalue weighted by molar-refractivity contribution is 0.167. The highest BCUT2D eigenvalue weighted by molar-refractivity contribution is 5.21. The van der Waals surface area contributed by atoms with Crippen molar-refractivity contribution < 1.29 is 13.9 Å². The van der Waals surface area contributed by atoms with Crippen molar-refractivity contribution in [1.82, 2.24) is 9.55 Å². The van der Waals surface area contributed by atoms with Gasteiger partial charge >= 0.3 is 0 Å². The first kappa shape index (κ1) is 13.7. The first-order valence-electron chi connectivity index (χ1n) is 6.23. The smallest absolute Gasteiger partial charge is 0.126 e. The zero-order valence-electron chi connectivity index (χ0n) is 10.7. The number of benzene rings is 1. The Kier molecular flexibility index (Phi) is 4.27. The molecule has 0 bridgehead atoms. The Morgan fingerprint density at radius 2 is 2.16 bits per heavy atom. The van der Waals surface area contributed by atoms with Crippen molar-refractivity contribution in [2.45, 2.75) is 32.4 Å². The minimum absolute atomic E-state index is 0.0268. The highest BCUT2D eigenvalue weighted by Crippen LogP contribution is 2.21. The topological polar surface area (TPSA) is 38.0 Å². The zero-order chi connectivity index (χ0) is 13.8. The summed E-state index contributed by atoms with van der Waals surface area (Å²) in [4.78, 5) is 3.98. The summed E-state index contributed by atoms with van der Waals surface area (Å²) in [6, 6.07) is 3.24. The van der Waals surface area contributed by atoms with Crippen LogP contribution in [0.2, 0.25) is 0 Å². The van der Waals surface area contributed by atoms with Gasteiger partial charge in [0.1, 0.15) is 11.6 Å². The number of halogens is 2. The second kappa shape index (κ2) is 5.93. The van der Waals surface area contributed by atoms with Crippen LogP contribution in [-0.2, 0) is 13.0 Å². The van der Waals surface area contributed by atoms with Crippen LogP contribution in [0.25, 0.3) is 0 Å². The molecule has 0 aliphatic heterocycles. The molecule has 0 saturated heterocycles. The van der Waals surface area contributed by atoms with Gasteiger partial charge in [-0.2, -0.15) is 0 Å². The standard InChI is InChI=1S/C14H16F2N2O/c1-2-5-18-9-17-8-13(18)14(19)7-10-6-11(15)3-4-12(10)16/h3-4,6,8-9,14,19H,2,5,7H2,1H3. The van der Waals surface area contributed by atoms with Crippen LogP contribution in [0.4, 0.5) is 8.78 Å². The van der Waals surface area contributed by atoms with E-state index in [1.54, 1.807) is 12.5 Å². The fourth-order valence-electron chi connectivity index (χ4n) is 2.05. The quantitative estimate of drug-likeness (QED) is 0.903. The molecule has 0 radical (unpaired) electrons. The highest BCUT2D eigenvalue weighted by Gasteiger charge is 2.16. The van der Waals surface area contributed by atoms with E-state index in [-0.39, 0.29) is 12.0 Å². The number of aryl methyl sites for hydroxylation is 1. The summed E-state index contributed by atoms with van der Waals surface area (Å²) in [5.41, 5.74) is 0.780. The number of hydrogen-bond acceptors (Lipinski definition) is 2. The maximum Gasteiger partial charge on any atom is 0.126 e. The van der Waals surface area contributed by atoms with Crippen LogP contribution in [0.15, 0.2) is 30.7 Å². The summed E-state index contributed by atoms with van der Waals surface area (Å²) >= 11 is 0. The molecule has 0 fully saturated rings. The average molecular weight is 266 g/mol. The van der Waals surface area contributed by atoms with E-state index in [9.17, 15) is 13.9 Å². The molecule has 19 heavy (non-hydrogen) atoms. The molecule has 0 amide bonds. The van der Waals surface area contributed by atoms with E-state index < -0.39 is 17.7 Å². The van der Waals surface area contributed by atoms with Crippen LogP contribution in [-0.4, -0.2) is 14.7 Å². The number of aliphatic hydroxyl groups is 1. The largest absolute Gasteiger partial charge is 0.386 e. The molecule has 3 nitrogen and oxygen atoms in total. The molecule has 0 aliphatic carbocycles. The minimum Gasteiger partial charge on any atom is -0.386 e. The van der Waals surface area contributed by atoms with Gasteiger partial charge in [0.15, 0.2) is 0 Å². The molecule has 1 aromatic heterocycles. The maximum absolute atomic E-state index is 13.5. The second-order valence-electron chi connectivity index (χ2n) is 4.47. The van der Waals surface area contributed by atoms with Crippen molar-refractivity contribution >= 4 is 0 Å². The van der Waals surface area contributed by atoms with Crippen molar-refractivity contribution in [3.63, 3.8) is 0 Å². The molecule has 102 valence electrons. The minimum atomic E-state index is -0.898. The van der Waals surface area contributed by atoms with Crippen molar-refractivity contribution in [3.05, 3.63) is 53.6 Å². The average Bonchev–Trinajstić information content (AvgIpc) is 2.82. The lowest BCUT2D eigenvalue weighted by Gasteiger charge is -2.14. The SMILES string of the molecule is CCCn1cncc1C(O)Cc1cc(F)ccc1F. The van der Waals surface area contributed by atoms with Gasteiger partial charge in [0.25, 0.3) is 0 Å². The van der Waals surface area contributed by atoms with Crippen LogP contribution in [0, 0.1) is 11.6 Å². The van der Waals surface area contributed by atoms with E-state index >= 15 is 0 Å². The molecule has 1 unspecified atom stereocenters. The lowest BCUT2D eigenvalue weighted by atomic mass is 10.1. The fraction of sp³-hybridized carbons (Fsp3) is 0.357. The maximum atomic E-state index is 13.5. The monoisotopic (exact) mass is 266 g/mol. The van der Waals surface area contributed by atoms with E-state index in [1.165, 1.54) is 0 Å². The summed E-state index contributed by atoms with van der Waals surface area (Å²) in [6.07, 6.45) is 3.22. The first-order valence-corrected chi connectivity index (χ1v) is 6.23. The molecule has 2 rings (SSSR count). The number of aromatic nitrogens is 2. The normalized spacial score (nSPS) is 12.6. The van der Waals surface area contributed by atoms with E-state index in [0.29, 0.717) is 5.69 Å². The van der Waals surface area contributed by atoms with Crippen LogP contribution in [0.3, 0.4) is 0 Å². The van der Waals surface area contributed by atoms with Gasteiger partial charge in [-0.15, -0.1) is 0 Å². The van der Waals surface area contributed by atoms with E-state index in [1.807, 2.05) is 11.5 Å². The fourth-order valence-corrected chi connectivity index (χ4v) is 2.05. The molecule has 2 aromatic rings. The number of imidazole rings is 1. The van der Waals surface area contributed by atoms with Crippen LogP contribution < -0.4 is 0 Å². The van der Waals surface area contributed by atoms with Crippen molar-refractivity contribution in [3.8, 4) is 0 Å². The third-order valence-corrected chi connectivity index (χ3v) is 2.97. The van der Waals surface area contributed by atoms with Gasteiger partial charge in [-0.1, -0.05) is 6.92 Å². The summed E-state index contributed by atoms with van der Waals surface area (Å²) in [5.74, 6) is -1.02. The molecule has 1 heterocycles. The molecule has 1 atom stereocenters. The zero-order valence-corrected chi connectivity index (χ0v) is 10.7. The Labute approximate surface area is 110 Å². The number of rotatable bonds is 5. The molecule has 1 aromatic carbocycles. The van der Waals surface area contributed by atoms with Crippen LogP contribution in [0.5, 0.6) is 0 Å². The molecule has 1 N–H and O–H groups in total. The number of nitrogens with zero attached hydrogens (tertiary/aromatic N) is 2. The second-order valence-corrected chi connectivity index (χ2v) is 4.47. The van der Waals surface area contributed by atoms with Gasteiger partial charge in [-0.25, -0.2) is 13.8 Å². The van der Waals surface area contributed by atoms with E-state index in [4.69, 9.17) is 0 Å². The van der Waals surface area contributed by atoms with Gasteiger partial charge in [0, 0.05) is 13.0 Å². The van der Waals surface area contributed by atoms with Gasteiger partial charge < -0.3 is 9.67 Å². The lowest BCUT2D eigenvalue weighted by Crippen LogP contribution is -2.10. The summed E-state index contributed by atoms with van der Waals surface area (Å²) < 4.78 is 28.4. The highest BCUT2D eigenvalue weighted by atomic mass is 19.1. The molecule has 0 spiro atoms. The van der Waals surface area contributed by atoms with Gasteiger partial charge in [-0.3, -0.25) is 0 Å². The predicted octanol–water partition coefficient (Wildman–Crippen LogP) is 2.85. The van der Waals surface area contributed by atoms with Gasteiger partial charge in [0.05, 0.1) is 24.3 Å². The Balaban J connectivity index is 2.18.